The Bertz CT molecular complexity index is 1000. The van der Waals surface area contributed by atoms with Crippen molar-refractivity contribution in [1.82, 2.24) is 9.47 Å². The Morgan fingerprint density at radius 3 is 2.37 bits per heavy atom. The summed E-state index contributed by atoms with van der Waals surface area (Å²) in [6.45, 7) is 10.5. The van der Waals surface area contributed by atoms with Gasteiger partial charge in [0.1, 0.15) is 12.2 Å². The molecule has 1 saturated heterocycles. The van der Waals surface area contributed by atoms with E-state index >= 15 is 0 Å². The second-order valence-electron chi connectivity index (χ2n) is 7.77. The third-order valence-electron chi connectivity index (χ3n) is 5.83. The van der Waals surface area contributed by atoms with Crippen LogP contribution in [0.25, 0.3) is 0 Å². The maximum atomic E-state index is 12.9. The van der Waals surface area contributed by atoms with Gasteiger partial charge in [0.25, 0.3) is 5.56 Å². The molecular formula is C23H30N4O3. The number of carbonyl (C=O) groups excluding carboxylic acids is 2. The molecule has 1 aromatic carbocycles. The van der Waals surface area contributed by atoms with Gasteiger partial charge in [-0.05, 0) is 50.1 Å². The minimum atomic E-state index is -0.348. The molecule has 1 N–H and O–H groups in total. The summed E-state index contributed by atoms with van der Waals surface area (Å²) in [6.07, 6.45) is 0.289. The number of hydrogen-bond acceptors (Lipinski definition) is 4. The maximum absolute atomic E-state index is 12.9. The number of nitrogens with one attached hydrogen (secondary N) is 1. The van der Waals surface area contributed by atoms with E-state index in [-0.39, 0.29) is 36.0 Å². The lowest BCUT2D eigenvalue weighted by Gasteiger charge is -2.37. The molecule has 7 nitrogen and oxygen atoms in total. The van der Waals surface area contributed by atoms with Gasteiger partial charge in [0.05, 0.1) is 0 Å². The van der Waals surface area contributed by atoms with Crippen molar-refractivity contribution >= 4 is 23.2 Å². The van der Waals surface area contributed by atoms with Gasteiger partial charge in [-0.1, -0.05) is 19.1 Å². The number of rotatable bonds is 5. The van der Waals surface area contributed by atoms with Crippen molar-refractivity contribution in [3.05, 3.63) is 57.5 Å². The van der Waals surface area contributed by atoms with Crippen molar-refractivity contribution in [1.29, 1.82) is 0 Å². The minimum absolute atomic E-state index is 0.0238. The quantitative estimate of drug-likeness (QED) is 0.822. The van der Waals surface area contributed by atoms with Crippen LogP contribution in [0.1, 0.15) is 30.2 Å². The Morgan fingerprint density at radius 2 is 1.70 bits per heavy atom. The summed E-state index contributed by atoms with van der Waals surface area (Å²) in [6, 6.07) is 9.64. The molecule has 2 heterocycles. The van der Waals surface area contributed by atoms with Crippen LogP contribution >= 0.6 is 0 Å². The lowest BCUT2D eigenvalue weighted by Crippen LogP contribution is -2.50. The van der Waals surface area contributed by atoms with E-state index in [0.717, 1.165) is 13.1 Å². The van der Waals surface area contributed by atoms with Gasteiger partial charge in [-0.15, -0.1) is 0 Å². The molecule has 7 heteroatoms. The number of aromatic nitrogens is 1. The van der Waals surface area contributed by atoms with Crippen LogP contribution in [0.5, 0.6) is 0 Å². The number of amides is 2. The summed E-state index contributed by atoms with van der Waals surface area (Å²) in [5.41, 5.74) is 4.30. The number of hydrogen-bond donors (Lipinski definition) is 1. The molecule has 0 atom stereocenters. The number of aryl methyl sites for hydroxylation is 2. The largest absolute Gasteiger partial charge is 0.368 e. The third kappa shape index (κ3) is 4.56. The first-order chi connectivity index (χ1) is 14.3. The molecule has 3 rings (SSSR count). The van der Waals surface area contributed by atoms with E-state index in [9.17, 15) is 14.4 Å². The van der Waals surface area contributed by atoms with Crippen LogP contribution in [0, 0.1) is 20.8 Å². The van der Waals surface area contributed by atoms with Gasteiger partial charge >= 0.3 is 0 Å². The lowest BCUT2D eigenvalue weighted by atomic mass is 10.1. The maximum Gasteiger partial charge on any atom is 0.274 e. The standard InChI is InChI=1S/C23H30N4O3/c1-5-21(28)24-19-10-9-17(3)27(23(19)30)15-22(29)26-13-11-25(12-14-26)20-8-6-7-16(2)18(20)4/h6-10H,5,11-15H2,1-4H3,(H,24,28). The molecule has 2 aromatic rings. The van der Waals surface area contributed by atoms with Crippen molar-refractivity contribution in [3.8, 4) is 0 Å². The van der Waals surface area contributed by atoms with Gasteiger partial charge in [0.2, 0.25) is 11.8 Å². The number of anilines is 2. The predicted molar refractivity (Wildman–Crippen MR) is 119 cm³/mol. The molecule has 1 aromatic heterocycles. The molecule has 2 amide bonds. The molecule has 160 valence electrons. The summed E-state index contributed by atoms with van der Waals surface area (Å²) in [5, 5.41) is 2.61. The molecule has 1 aliphatic rings. The van der Waals surface area contributed by atoms with E-state index in [1.807, 2.05) is 4.90 Å². The number of carbonyl (C=O) groups is 2. The van der Waals surface area contributed by atoms with Gasteiger partial charge < -0.3 is 19.7 Å². The first kappa shape index (κ1) is 21.6. The highest BCUT2D eigenvalue weighted by molar-refractivity contribution is 5.90. The van der Waals surface area contributed by atoms with Gasteiger partial charge in [-0.25, -0.2) is 0 Å². The van der Waals surface area contributed by atoms with E-state index < -0.39 is 0 Å². The van der Waals surface area contributed by atoms with Crippen LogP contribution in [0.15, 0.2) is 35.1 Å². The molecule has 30 heavy (non-hydrogen) atoms. The fourth-order valence-electron chi connectivity index (χ4n) is 3.71. The van der Waals surface area contributed by atoms with Crippen LogP contribution in [-0.4, -0.2) is 47.5 Å². The van der Waals surface area contributed by atoms with E-state index in [2.05, 4.69) is 42.3 Å². The van der Waals surface area contributed by atoms with E-state index in [1.165, 1.54) is 21.4 Å². The van der Waals surface area contributed by atoms with Gasteiger partial charge in [-0.2, -0.15) is 0 Å². The highest BCUT2D eigenvalue weighted by Crippen LogP contribution is 2.24. The van der Waals surface area contributed by atoms with Crippen molar-refractivity contribution in [2.24, 2.45) is 0 Å². The normalized spacial score (nSPS) is 14.0. The molecule has 0 radical (unpaired) electrons. The van der Waals surface area contributed by atoms with Crippen LogP contribution in [0.4, 0.5) is 11.4 Å². The van der Waals surface area contributed by atoms with Gasteiger partial charge in [-0.3, -0.25) is 14.4 Å². The van der Waals surface area contributed by atoms with E-state index in [4.69, 9.17) is 0 Å². The Balaban J connectivity index is 1.68. The number of nitrogens with zero attached hydrogens (tertiary/aromatic N) is 3. The number of benzene rings is 1. The smallest absolute Gasteiger partial charge is 0.274 e. The average molecular weight is 411 g/mol. The summed E-state index contributed by atoms with van der Waals surface area (Å²) < 4.78 is 1.44. The van der Waals surface area contributed by atoms with Crippen LogP contribution in [0.3, 0.4) is 0 Å². The lowest BCUT2D eigenvalue weighted by molar-refractivity contribution is -0.132. The summed E-state index contributed by atoms with van der Waals surface area (Å²) in [7, 11) is 0. The average Bonchev–Trinajstić information content (AvgIpc) is 2.75. The Kier molecular flexibility index (Phi) is 6.59. The summed E-state index contributed by atoms with van der Waals surface area (Å²) in [5.74, 6) is -0.309. The van der Waals surface area contributed by atoms with Crippen molar-refractivity contribution in [2.45, 2.75) is 40.7 Å². The molecular weight excluding hydrogens is 380 g/mol. The highest BCUT2D eigenvalue weighted by Gasteiger charge is 2.23. The molecule has 0 saturated carbocycles. The minimum Gasteiger partial charge on any atom is -0.368 e. The SMILES string of the molecule is CCC(=O)Nc1ccc(C)n(CC(=O)N2CCN(c3cccc(C)c3C)CC2)c1=O. The molecule has 0 bridgehead atoms. The number of piperazine rings is 1. The van der Waals surface area contributed by atoms with Crippen molar-refractivity contribution in [3.63, 3.8) is 0 Å². The topological polar surface area (TPSA) is 74.7 Å². The summed E-state index contributed by atoms with van der Waals surface area (Å²) in [4.78, 5) is 41.4. The molecule has 1 aliphatic heterocycles. The predicted octanol–water partition coefficient (Wildman–Crippen LogP) is 2.47. The third-order valence-corrected chi connectivity index (χ3v) is 5.83. The zero-order chi connectivity index (χ0) is 21.8. The van der Waals surface area contributed by atoms with Crippen molar-refractivity contribution < 1.29 is 9.59 Å². The van der Waals surface area contributed by atoms with Crippen LogP contribution < -0.4 is 15.8 Å². The molecule has 0 unspecified atom stereocenters. The molecule has 0 spiro atoms. The summed E-state index contributed by atoms with van der Waals surface area (Å²) >= 11 is 0. The van der Waals surface area contributed by atoms with E-state index in [1.54, 1.807) is 26.0 Å². The zero-order valence-electron chi connectivity index (χ0n) is 18.2. The Morgan fingerprint density at radius 1 is 1.00 bits per heavy atom. The fraction of sp³-hybridized carbons (Fsp3) is 0.435. The molecule has 0 aliphatic carbocycles. The monoisotopic (exact) mass is 410 g/mol. The van der Waals surface area contributed by atoms with Gasteiger partial charge in [0.15, 0.2) is 0 Å². The second-order valence-corrected chi connectivity index (χ2v) is 7.77. The Hall–Kier alpha value is -3.09. The van der Waals surface area contributed by atoms with Crippen LogP contribution in [0.2, 0.25) is 0 Å². The fourth-order valence-corrected chi connectivity index (χ4v) is 3.71. The van der Waals surface area contributed by atoms with Gasteiger partial charge in [0, 0.05) is 44.0 Å². The second kappa shape index (κ2) is 9.15. The first-order valence-corrected chi connectivity index (χ1v) is 10.4. The molecule has 1 fully saturated rings. The Labute approximate surface area is 177 Å². The highest BCUT2D eigenvalue weighted by atomic mass is 16.2. The van der Waals surface area contributed by atoms with Crippen molar-refractivity contribution in [2.75, 3.05) is 36.4 Å². The van der Waals surface area contributed by atoms with E-state index in [0.29, 0.717) is 18.8 Å². The zero-order valence-corrected chi connectivity index (χ0v) is 18.2. The first-order valence-electron chi connectivity index (χ1n) is 10.4. The number of pyridine rings is 1. The van der Waals surface area contributed by atoms with Crippen LogP contribution in [-0.2, 0) is 16.1 Å².